The number of hydrogen-bond acceptors (Lipinski definition) is 14. The number of imide groups is 1. The number of fused-ring (bicyclic) bond motifs is 7. The summed E-state index contributed by atoms with van der Waals surface area (Å²) in [6.45, 7) is 8.54. The lowest BCUT2D eigenvalue weighted by Gasteiger charge is -2.63. The number of alkyl halides is 1. The van der Waals surface area contributed by atoms with Gasteiger partial charge in [-0.3, -0.25) is 33.3 Å². The predicted octanol–water partition coefficient (Wildman–Crippen LogP) is 4.81. The molecular weight excluding hydrogens is 958 g/mol. The Kier molecular flexibility index (Phi) is 13.3. The minimum Gasteiger partial charge on any atom is -0.496 e. The van der Waals surface area contributed by atoms with Crippen molar-refractivity contribution in [2.45, 2.75) is 99.5 Å². The van der Waals surface area contributed by atoms with Crippen LogP contribution in [0.4, 0.5) is 10.5 Å². The fraction of sp³-hybridized carbons (Fsp3) is 0.583. The maximum absolute atomic E-state index is 15.5. The molecule has 4 N–H and O–H groups in total. The minimum absolute atomic E-state index is 0. The van der Waals surface area contributed by atoms with Crippen LogP contribution in [-0.4, -0.2) is 162 Å². The van der Waals surface area contributed by atoms with Crippen molar-refractivity contribution in [3.63, 3.8) is 0 Å². The van der Waals surface area contributed by atoms with Crippen molar-refractivity contribution in [1.82, 2.24) is 19.7 Å². The molecule has 1 unspecified atom stereocenters. The molecule has 3 aromatic rings. The summed E-state index contributed by atoms with van der Waals surface area (Å²) in [4.78, 5) is 69.9. The van der Waals surface area contributed by atoms with Gasteiger partial charge in [0, 0.05) is 103 Å². The lowest BCUT2D eigenvalue weighted by Crippen LogP contribution is -2.81. The molecule has 2 bridgehead atoms. The second-order valence-electron chi connectivity index (χ2n) is 19.6. The number of H-pyrrole nitrogens is 1. The van der Waals surface area contributed by atoms with Crippen LogP contribution >= 0.6 is 24.0 Å². The van der Waals surface area contributed by atoms with Gasteiger partial charge in [0.2, 0.25) is 0 Å². The van der Waals surface area contributed by atoms with Crippen molar-refractivity contribution in [2.75, 3.05) is 71.3 Å². The Bertz CT molecular complexity index is 2710. The Morgan fingerprint density at radius 2 is 1.75 bits per heavy atom. The zero-order valence-corrected chi connectivity index (χ0v) is 41.9. The Labute approximate surface area is 412 Å². The molecule has 18 nitrogen and oxygen atoms in total. The molecule has 0 radical (unpaired) electrons. The summed E-state index contributed by atoms with van der Waals surface area (Å²) in [6, 6.07) is 11.1. The normalized spacial score (nSPS) is 34.2. The molecule has 21 heteroatoms. The number of anilines is 1. The first-order valence-electron chi connectivity index (χ1n) is 23.2. The van der Waals surface area contributed by atoms with Gasteiger partial charge in [-0.2, -0.15) is 8.42 Å². The number of carbonyl (C=O) groups excluding carboxylic acids is 4. The highest BCUT2D eigenvalue weighted by molar-refractivity contribution is 7.79. The van der Waals surface area contributed by atoms with Gasteiger partial charge in [0.05, 0.1) is 25.9 Å². The number of hydrogen-bond donors (Lipinski definition) is 4. The molecule has 4 fully saturated rings. The van der Waals surface area contributed by atoms with E-state index >= 15 is 9.59 Å². The summed E-state index contributed by atoms with van der Waals surface area (Å²) in [7, 11) is 0.276. The van der Waals surface area contributed by atoms with Gasteiger partial charge in [0.25, 0.3) is 11.5 Å². The molecule has 376 valence electrons. The van der Waals surface area contributed by atoms with E-state index in [2.05, 4.69) is 39.1 Å². The van der Waals surface area contributed by atoms with Gasteiger partial charge in [0.15, 0.2) is 6.10 Å². The lowest BCUT2D eigenvalue weighted by molar-refractivity contribution is -0.210. The first-order chi connectivity index (χ1) is 32.2. The third kappa shape index (κ3) is 7.46. The monoisotopic (exact) mass is 1020 g/mol. The van der Waals surface area contributed by atoms with E-state index in [0.29, 0.717) is 82.6 Å². The molecule has 6 aliphatic heterocycles. The topological polar surface area (TPSA) is 229 Å². The number of para-hydroxylation sites is 1. The summed E-state index contributed by atoms with van der Waals surface area (Å²) in [5, 5.41) is 13.1. The molecule has 10 atom stereocenters. The Balaban J connectivity index is 0.00000102. The molecule has 1 aromatic heterocycles. The van der Waals surface area contributed by atoms with Gasteiger partial charge in [-0.1, -0.05) is 44.2 Å². The zero-order valence-electron chi connectivity index (χ0n) is 39.5. The number of aliphatic hydroxyl groups is 1. The van der Waals surface area contributed by atoms with E-state index in [1.807, 2.05) is 50.1 Å². The van der Waals surface area contributed by atoms with Crippen LogP contribution in [-0.2, 0) is 56.2 Å². The van der Waals surface area contributed by atoms with Crippen molar-refractivity contribution < 1.29 is 60.8 Å². The van der Waals surface area contributed by atoms with E-state index < -0.39 is 73.9 Å². The van der Waals surface area contributed by atoms with Gasteiger partial charge in [-0.15, -0.1) is 24.0 Å². The Hall–Kier alpha value is -4.47. The highest BCUT2D eigenvalue weighted by Crippen LogP contribution is 2.69. The second kappa shape index (κ2) is 18.0. The number of nitrogens with zero attached hydrogens (tertiary/aromatic N) is 4. The zero-order chi connectivity index (χ0) is 48.9. The Morgan fingerprint density at radius 3 is 2.41 bits per heavy atom. The maximum Gasteiger partial charge on any atom is 0.417 e. The van der Waals surface area contributed by atoms with Crippen LogP contribution in [0.5, 0.6) is 5.75 Å². The molecule has 1 saturated carbocycles. The van der Waals surface area contributed by atoms with Crippen molar-refractivity contribution >= 4 is 74.9 Å². The summed E-state index contributed by atoms with van der Waals surface area (Å²) in [5.74, 6) is -1.29. The lowest BCUT2D eigenvalue weighted by atomic mass is 9.47. The number of ether oxygens (including phenoxy) is 4. The van der Waals surface area contributed by atoms with Crippen LogP contribution in [0.15, 0.2) is 48.6 Å². The molecule has 7 heterocycles. The van der Waals surface area contributed by atoms with E-state index in [9.17, 15) is 14.7 Å². The molecule has 3 saturated heterocycles. The van der Waals surface area contributed by atoms with Gasteiger partial charge in [-0.05, 0) is 74.2 Å². The van der Waals surface area contributed by atoms with Crippen molar-refractivity contribution in [3.8, 4) is 5.75 Å². The SMILES string of the molecule is CC[C@]1(O)C[C@@H]2CN(CCc3c([nH]c4ccccc34)[C@@](C(=O)OC)(c3cc4c(cc3OC)N(C)[C@H]3[C@]5(OC(=O)N(CCCl)C5=O)[C@H](OC(C)=O)[C@]5(CC)C=CCN6CC[C@]43[C@@H]65)C2)C1.Cl.O=S(=O)(O)O. The second-order valence-corrected chi connectivity index (χ2v) is 20.9. The number of likely N-dealkylation sites (N-methyl/N-ethyl adjacent to an activating group) is 1. The molecule has 1 aliphatic carbocycles. The number of carbonyl (C=O) groups is 4. The number of amides is 2. The van der Waals surface area contributed by atoms with Gasteiger partial charge < -0.3 is 33.9 Å². The molecule has 2 spiro atoms. The molecule has 69 heavy (non-hydrogen) atoms. The van der Waals surface area contributed by atoms with E-state index in [1.54, 1.807) is 7.11 Å². The average molecular weight is 1020 g/mol. The van der Waals surface area contributed by atoms with Crippen LogP contribution < -0.4 is 9.64 Å². The van der Waals surface area contributed by atoms with E-state index in [-0.39, 0.29) is 36.8 Å². The van der Waals surface area contributed by atoms with E-state index in [0.717, 1.165) is 38.3 Å². The van der Waals surface area contributed by atoms with Crippen LogP contribution in [0.1, 0.15) is 75.3 Å². The first kappa shape index (κ1) is 50.9. The number of piperidine rings is 1. The molecule has 2 aromatic carbocycles. The van der Waals surface area contributed by atoms with Crippen molar-refractivity contribution in [3.05, 3.63) is 70.9 Å². The number of rotatable bonds is 8. The van der Waals surface area contributed by atoms with Gasteiger partial charge in [0.1, 0.15) is 11.2 Å². The molecule has 7 aliphatic rings. The number of benzene rings is 2. The summed E-state index contributed by atoms with van der Waals surface area (Å²) >= 11 is 6.24. The molecule has 2 amide bonds. The number of methoxy groups -OCH3 is 2. The molecule has 10 rings (SSSR count). The summed E-state index contributed by atoms with van der Waals surface area (Å²) in [6.07, 6.45) is 5.22. The van der Waals surface area contributed by atoms with E-state index in [1.165, 1.54) is 14.0 Å². The summed E-state index contributed by atoms with van der Waals surface area (Å²) < 4.78 is 57.0. The van der Waals surface area contributed by atoms with Gasteiger partial charge in [-0.25, -0.2) is 9.69 Å². The number of aromatic nitrogens is 1. The third-order valence-corrected chi connectivity index (χ3v) is 16.6. The number of nitrogens with one attached hydrogen (secondary N) is 1. The van der Waals surface area contributed by atoms with Crippen LogP contribution in [0, 0.1) is 11.3 Å². The summed E-state index contributed by atoms with van der Waals surface area (Å²) in [5.41, 5.74) is -1.32. The smallest absolute Gasteiger partial charge is 0.417 e. The van der Waals surface area contributed by atoms with Gasteiger partial charge >= 0.3 is 28.4 Å². The third-order valence-electron chi connectivity index (χ3n) is 16.4. The predicted molar refractivity (Wildman–Crippen MR) is 257 cm³/mol. The number of aromatic amines is 1. The highest BCUT2D eigenvalue weighted by Gasteiger charge is 2.84. The van der Waals surface area contributed by atoms with Crippen LogP contribution in [0.2, 0.25) is 0 Å². The van der Waals surface area contributed by atoms with Crippen molar-refractivity contribution in [1.29, 1.82) is 0 Å². The van der Waals surface area contributed by atoms with E-state index in [4.69, 9.17) is 48.1 Å². The Morgan fingerprint density at radius 1 is 1.03 bits per heavy atom. The number of esters is 2. The molecular formula is C48H61Cl2N5O13S. The number of halogens is 2. The minimum atomic E-state index is -4.67. The van der Waals surface area contributed by atoms with Crippen LogP contribution in [0.25, 0.3) is 10.9 Å². The standard InChI is InChI=1S/C48H58ClN5O9.ClH.H2O4S/c1-7-44(59)24-29-25-47(42(57)61-6,37-31(14-19-52(26-29)27-44)30-12-9-10-13-34(30)50-37)33-22-32-35(23-36(33)60-5)51(4)39-46(32)16-20-53-18-11-15-45(8-2,38(46)53)40(62-28(3)55)48(39)41(56)54(21-17-49)43(58)63-48;;1-5(2,3)4/h9-13,15,22-23,29,38-40,50,59H,7-8,14,16-21,24-27H2,1-6H3;1H;(H2,1,2,3,4)/t29-,38-,39+,40+,44-,45+,46+,47-,48-;;/m0../s1. The average Bonchev–Trinajstić information content (AvgIpc) is 4.01. The largest absolute Gasteiger partial charge is 0.496 e. The first-order valence-corrected chi connectivity index (χ1v) is 25.2. The maximum atomic E-state index is 15.5. The van der Waals surface area contributed by atoms with Crippen molar-refractivity contribution in [2.24, 2.45) is 11.3 Å². The fourth-order valence-corrected chi connectivity index (χ4v) is 14.4. The van der Waals surface area contributed by atoms with Crippen LogP contribution in [0.3, 0.4) is 0 Å². The highest BCUT2D eigenvalue weighted by atomic mass is 35.5. The quantitative estimate of drug-likeness (QED) is 0.0780. The fourth-order valence-electron chi connectivity index (χ4n) is 14.2.